The average Bonchev–Trinajstić information content (AvgIpc) is 2.65. The number of carbonyl (C=O) groups is 2. The third kappa shape index (κ3) is 6.59. The summed E-state index contributed by atoms with van der Waals surface area (Å²) in [5.74, 6) is 0.0516. The fourth-order valence-corrected chi connectivity index (χ4v) is 2.95. The number of benzene rings is 1. The smallest absolute Gasteiger partial charge is 0.305 e. The number of nitrogens with zero attached hydrogens (tertiary/aromatic N) is 1. The molecule has 0 aliphatic carbocycles. The van der Waals surface area contributed by atoms with Crippen LogP contribution in [0.5, 0.6) is 5.75 Å². The lowest BCUT2D eigenvalue weighted by Crippen LogP contribution is -2.27. The van der Waals surface area contributed by atoms with Crippen LogP contribution >= 0.6 is 0 Å². The Kier molecular flexibility index (Phi) is 9.35. The minimum atomic E-state index is -0.977. The van der Waals surface area contributed by atoms with E-state index in [-0.39, 0.29) is 37.6 Å². The first-order valence-electron chi connectivity index (χ1n) is 9.38. The fourth-order valence-electron chi connectivity index (χ4n) is 2.95. The molecular formula is C21H29NO5. The van der Waals surface area contributed by atoms with E-state index in [9.17, 15) is 14.9 Å². The van der Waals surface area contributed by atoms with Gasteiger partial charge in [-0.3, -0.25) is 9.59 Å². The van der Waals surface area contributed by atoms with Gasteiger partial charge in [0.2, 0.25) is 0 Å². The summed E-state index contributed by atoms with van der Waals surface area (Å²) in [4.78, 5) is 23.7. The van der Waals surface area contributed by atoms with Gasteiger partial charge in [-0.05, 0) is 57.7 Å². The molecule has 27 heavy (non-hydrogen) atoms. The van der Waals surface area contributed by atoms with E-state index in [1.54, 1.807) is 13.8 Å². The van der Waals surface area contributed by atoms with Gasteiger partial charge in [0.25, 0.3) is 0 Å². The van der Waals surface area contributed by atoms with Gasteiger partial charge in [0.1, 0.15) is 5.75 Å². The van der Waals surface area contributed by atoms with Crippen molar-refractivity contribution in [3.05, 3.63) is 29.3 Å². The van der Waals surface area contributed by atoms with Gasteiger partial charge in [-0.2, -0.15) is 5.26 Å². The maximum absolute atomic E-state index is 11.8. The molecule has 0 aromatic heterocycles. The quantitative estimate of drug-likeness (QED) is 0.546. The molecule has 1 aromatic carbocycles. The summed E-state index contributed by atoms with van der Waals surface area (Å²) in [6.45, 7) is 8.44. The zero-order valence-corrected chi connectivity index (χ0v) is 16.7. The van der Waals surface area contributed by atoms with Crippen LogP contribution in [-0.4, -0.2) is 31.8 Å². The number of rotatable bonds is 11. The summed E-state index contributed by atoms with van der Waals surface area (Å²) in [6, 6.07) is 7.90. The van der Waals surface area contributed by atoms with Crippen LogP contribution in [0.15, 0.2) is 18.2 Å². The molecule has 0 N–H and O–H groups in total. The summed E-state index contributed by atoms with van der Waals surface area (Å²) in [5.41, 5.74) is 0.690. The highest BCUT2D eigenvalue weighted by atomic mass is 16.5. The number of carbonyl (C=O) groups excluding carboxylic acids is 2. The Hall–Kier alpha value is -2.55. The molecule has 0 bridgehead atoms. The number of esters is 2. The molecule has 1 aromatic rings. The van der Waals surface area contributed by atoms with Crippen LogP contribution in [0.4, 0.5) is 0 Å². The second kappa shape index (κ2) is 11.2. The van der Waals surface area contributed by atoms with Crippen molar-refractivity contribution in [2.75, 3.05) is 19.8 Å². The van der Waals surface area contributed by atoms with Crippen molar-refractivity contribution in [3.8, 4) is 11.8 Å². The number of nitriles is 1. The molecule has 0 amide bonds. The normalized spacial score (nSPS) is 10.8. The average molecular weight is 375 g/mol. The first-order valence-corrected chi connectivity index (χ1v) is 9.38. The van der Waals surface area contributed by atoms with Gasteiger partial charge in [0, 0.05) is 12.8 Å². The Labute approximate surface area is 161 Å². The van der Waals surface area contributed by atoms with Crippen molar-refractivity contribution >= 4 is 11.9 Å². The van der Waals surface area contributed by atoms with E-state index in [1.807, 2.05) is 32.0 Å². The summed E-state index contributed by atoms with van der Waals surface area (Å²) in [7, 11) is 0. The number of hydrogen-bond donors (Lipinski definition) is 0. The lowest BCUT2D eigenvalue weighted by Gasteiger charge is -2.27. The monoisotopic (exact) mass is 375 g/mol. The largest absolute Gasteiger partial charge is 0.494 e. The molecule has 0 unspecified atom stereocenters. The maximum atomic E-state index is 11.8. The van der Waals surface area contributed by atoms with E-state index >= 15 is 0 Å². The van der Waals surface area contributed by atoms with Gasteiger partial charge in [-0.1, -0.05) is 12.1 Å². The Balaban J connectivity index is 3.14. The molecule has 0 fully saturated rings. The van der Waals surface area contributed by atoms with E-state index in [4.69, 9.17) is 14.2 Å². The lowest BCUT2D eigenvalue weighted by molar-refractivity contribution is -0.143. The zero-order valence-electron chi connectivity index (χ0n) is 16.7. The Bertz CT molecular complexity index is 656. The number of ether oxygens (including phenoxy) is 3. The second-order valence-corrected chi connectivity index (χ2v) is 6.22. The molecule has 6 heteroatoms. The molecule has 6 nitrogen and oxygen atoms in total. The Morgan fingerprint density at radius 1 is 1.00 bits per heavy atom. The predicted octanol–water partition coefficient (Wildman–Crippen LogP) is 3.84. The molecular weight excluding hydrogens is 346 g/mol. The van der Waals surface area contributed by atoms with E-state index in [2.05, 4.69) is 6.07 Å². The minimum absolute atomic E-state index is 0.108. The van der Waals surface area contributed by atoms with Crippen LogP contribution in [0.1, 0.15) is 57.6 Å². The zero-order chi connectivity index (χ0) is 20.3. The van der Waals surface area contributed by atoms with Crippen molar-refractivity contribution in [1.29, 1.82) is 5.26 Å². The maximum Gasteiger partial charge on any atom is 0.305 e. The van der Waals surface area contributed by atoms with Crippen LogP contribution in [0.2, 0.25) is 0 Å². The van der Waals surface area contributed by atoms with Gasteiger partial charge in [0.15, 0.2) is 0 Å². The van der Waals surface area contributed by atoms with Crippen LogP contribution in [-0.2, 0) is 24.5 Å². The highest BCUT2D eigenvalue weighted by molar-refractivity contribution is 5.70. The van der Waals surface area contributed by atoms with Crippen molar-refractivity contribution < 1.29 is 23.8 Å². The molecule has 0 atom stereocenters. The van der Waals surface area contributed by atoms with E-state index in [0.717, 1.165) is 16.9 Å². The molecule has 0 saturated heterocycles. The van der Waals surface area contributed by atoms with Gasteiger partial charge in [-0.25, -0.2) is 0 Å². The molecule has 0 radical (unpaired) electrons. The van der Waals surface area contributed by atoms with Gasteiger partial charge < -0.3 is 14.2 Å². The SMILES string of the molecule is CCOC(=O)CCC(C#N)(CCC(=O)OCC)c1ccc(OCC)c(C)c1. The van der Waals surface area contributed by atoms with Crippen LogP contribution < -0.4 is 4.74 Å². The Morgan fingerprint density at radius 3 is 1.96 bits per heavy atom. The van der Waals surface area contributed by atoms with Crippen LogP contribution in [0.25, 0.3) is 0 Å². The molecule has 1 rings (SSSR count). The summed E-state index contributed by atoms with van der Waals surface area (Å²) in [6.07, 6.45) is 0.761. The van der Waals surface area contributed by atoms with Crippen molar-refractivity contribution in [3.63, 3.8) is 0 Å². The molecule has 0 heterocycles. The van der Waals surface area contributed by atoms with E-state index < -0.39 is 5.41 Å². The number of aryl methyl sites for hydroxylation is 1. The summed E-state index contributed by atoms with van der Waals surface area (Å²) >= 11 is 0. The fraction of sp³-hybridized carbons (Fsp3) is 0.571. The van der Waals surface area contributed by atoms with Crippen LogP contribution in [0, 0.1) is 18.3 Å². The molecule has 0 saturated carbocycles. The van der Waals surface area contributed by atoms with Gasteiger partial charge in [0.05, 0.1) is 31.3 Å². The predicted molar refractivity (Wildman–Crippen MR) is 101 cm³/mol. The van der Waals surface area contributed by atoms with Crippen molar-refractivity contribution in [2.24, 2.45) is 0 Å². The second-order valence-electron chi connectivity index (χ2n) is 6.22. The highest BCUT2D eigenvalue weighted by Gasteiger charge is 2.34. The van der Waals surface area contributed by atoms with Gasteiger partial charge >= 0.3 is 11.9 Å². The lowest BCUT2D eigenvalue weighted by atomic mass is 9.74. The van der Waals surface area contributed by atoms with E-state index in [0.29, 0.717) is 19.8 Å². The minimum Gasteiger partial charge on any atom is -0.494 e. The Morgan fingerprint density at radius 2 is 1.56 bits per heavy atom. The molecule has 0 aliphatic heterocycles. The highest BCUT2D eigenvalue weighted by Crippen LogP contribution is 2.36. The standard InChI is InChI=1S/C21H29NO5/c1-5-25-18-9-8-17(14-16(18)4)21(15-22,12-10-19(23)26-6-2)13-11-20(24)27-7-3/h8-9,14H,5-7,10-13H2,1-4H3. The summed E-state index contributed by atoms with van der Waals surface area (Å²) in [5, 5.41) is 9.99. The van der Waals surface area contributed by atoms with Crippen molar-refractivity contribution in [2.45, 2.75) is 58.8 Å². The third-order valence-electron chi connectivity index (χ3n) is 4.36. The number of hydrogen-bond acceptors (Lipinski definition) is 6. The first kappa shape index (κ1) is 22.5. The molecule has 0 spiro atoms. The topological polar surface area (TPSA) is 85.6 Å². The summed E-state index contributed by atoms with van der Waals surface area (Å²) < 4.78 is 15.6. The van der Waals surface area contributed by atoms with E-state index in [1.165, 1.54) is 0 Å². The van der Waals surface area contributed by atoms with Crippen molar-refractivity contribution in [1.82, 2.24) is 0 Å². The molecule has 0 aliphatic rings. The first-order chi connectivity index (χ1) is 12.9. The van der Waals surface area contributed by atoms with Crippen LogP contribution in [0.3, 0.4) is 0 Å². The van der Waals surface area contributed by atoms with Gasteiger partial charge in [-0.15, -0.1) is 0 Å². The molecule has 148 valence electrons. The third-order valence-corrected chi connectivity index (χ3v) is 4.36.